The van der Waals surface area contributed by atoms with Crippen LogP contribution in [0.4, 0.5) is 10.3 Å². The number of benzene rings is 2. The molecule has 0 amide bonds. The number of aryl methyl sites for hydroxylation is 1. The molecule has 4 aromatic rings. The lowest BCUT2D eigenvalue weighted by molar-refractivity contribution is 0.338. The van der Waals surface area contributed by atoms with Gasteiger partial charge in [-0.3, -0.25) is 4.68 Å². The minimum absolute atomic E-state index is 0.196. The van der Waals surface area contributed by atoms with Crippen molar-refractivity contribution in [2.24, 2.45) is 0 Å². The fourth-order valence-electron chi connectivity index (χ4n) is 4.45. The normalized spacial score (nSPS) is 15.9. The second-order valence-electron chi connectivity index (χ2n) is 8.39. The number of hydrogen-bond donors (Lipinski definition) is 1. The molecule has 6 nitrogen and oxygen atoms in total. The largest absolute Gasteiger partial charge is 0.341 e. The first-order chi connectivity index (χ1) is 15.7. The van der Waals surface area contributed by atoms with Crippen LogP contribution in [-0.2, 0) is 6.54 Å². The summed E-state index contributed by atoms with van der Waals surface area (Å²) in [5, 5.41) is 9.03. The summed E-state index contributed by atoms with van der Waals surface area (Å²) >= 11 is 0. The summed E-state index contributed by atoms with van der Waals surface area (Å²) in [6.45, 7) is 4.47. The smallest absolute Gasteiger partial charge is 0.226 e. The average molecular weight is 431 g/mol. The maximum absolute atomic E-state index is 13.6. The van der Waals surface area contributed by atoms with Crippen LogP contribution in [0.1, 0.15) is 30.1 Å². The SMILES string of the molecule is Cc1nc(N2CCC(N[C@@H](Cn3cccn3)c3ccccc3)CC2)nc2ccc(F)cc12. The maximum atomic E-state index is 13.6. The van der Waals surface area contributed by atoms with E-state index in [2.05, 4.69) is 44.6 Å². The molecule has 2 aromatic heterocycles. The van der Waals surface area contributed by atoms with E-state index in [0.717, 1.165) is 55.0 Å². The molecule has 5 rings (SSSR count). The summed E-state index contributed by atoms with van der Waals surface area (Å²) in [6, 6.07) is 17.8. The lowest BCUT2D eigenvalue weighted by Gasteiger charge is -2.35. The highest BCUT2D eigenvalue weighted by atomic mass is 19.1. The van der Waals surface area contributed by atoms with Crippen molar-refractivity contribution in [2.45, 2.75) is 38.4 Å². The molecule has 1 N–H and O–H groups in total. The Morgan fingerprint density at radius 1 is 1.06 bits per heavy atom. The van der Waals surface area contributed by atoms with Gasteiger partial charge in [-0.25, -0.2) is 14.4 Å². The number of hydrogen-bond acceptors (Lipinski definition) is 5. The van der Waals surface area contributed by atoms with Gasteiger partial charge in [-0.1, -0.05) is 30.3 Å². The predicted octanol–water partition coefficient (Wildman–Crippen LogP) is 4.27. The van der Waals surface area contributed by atoms with E-state index in [1.54, 1.807) is 6.07 Å². The monoisotopic (exact) mass is 430 g/mol. The first-order valence-corrected chi connectivity index (χ1v) is 11.1. The van der Waals surface area contributed by atoms with Crippen LogP contribution in [0, 0.1) is 12.7 Å². The lowest BCUT2D eigenvalue weighted by atomic mass is 10.0. The molecule has 1 atom stereocenters. The number of aromatic nitrogens is 4. The van der Waals surface area contributed by atoms with Gasteiger partial charge in [-0.15, -0.1) is 0 Å². The molecule has 164 valence electrons. The Labute approximate surface area is 187 Å². The molecule has 1 fully saturated rings. The number of nitrogens with one attached hydrogen (secondary N) is 1. The summed E-state index contributed by atoms with van der Waals surface area (Å²) in [7, 11) is 0. The quantitative estimate of drug-likeness (QED) is 0.495. The van der Waals surface area contributed by atoms with Crippen molar-refractivity contribution in [2.75, 3.05) is 18.0 Å². The lowest BCUT2D eigenvalue weighted by Crippen LogP contribution is -2.45. The zero-order valence-corrected chi connectivity index (χ0v) is 18.2. The molecular formula is C25H27FN6. The predicted molar refractivity (Wildman–Crippen MR) is 124 cm³/mol. The third kappa shape index (κ3) is 4.48. The summed E-state index contributed by atoms with van der Waals surface area (Å²) in [6.07, 6.45) is 5.84. The summed E-state index contributed by atoms with van der Waals surface area (Å²) in [4.78, 5) is 11.6. The van der Waals surface area contributed by atoms with Gasteiger partial charge >= 0.3 is 0 Å². The van der Waals surface area contributed by atoms with Crippen LogP contribution in [-0.4, -0.2) is 38.9 Å². The van der Waals surface area contributed by atoms with Crippen molar-refractivity contribution in [1.82, 2.24) is 25.1 Å². The van der Waals surface area contributed by atoms with E-state index in [0.29, 0.717) is 6.04 Å². The van der Waals surface area contributed by atoms with E-state index in [-0.39, 0.29) is 11.9 Å². The van der Waals surface area contributed by atoms with E-state index in [1.165, 1.54) is 17.7 Å². The van der Waals surface area contributed by atoms with Gasteiger partial charge in [0.2, 0.25) is 5.95 Å². The minimum Gasteiger partial charge on any atom is -0.341 e. The van der Waals surface area contributed by atoms with Crippen LogP contribution < -0.4 is 10.2 Å². The van der Waals surface area contributed by atoms with E-state index >= 15 is 0 Å². The van der Waals surface area contributed by atoms with Gasteiger partial charge in [-0.05, 0) is 49.6 Å². The standard InChI is InChI=1S/C25H27FN6/c1-18-22-16-20(26)8-9-23(22)30-25(28-18)31-14-10-21(11-15-31)29-24(17-32-13-5-12-27-32)19-6-3-2-4-7-19/h2-9,12-13,16,21,24,29H,10-11,14-15,17H2,1H3/t24-/m0/s1. The molecule has 0 unspecified atom stereocenters. The molecule has 3 heterocycles. The molecule has 32 heavy (non-hydrogen) atoms. The van der Waals surface area contributed by atoms with Gasteiger partial charge in [0, 0.05) is 36.9 Å². The maximum Gasteiger partial charge on any atom is 0.226 e. The Bertz CT molecular complexity index is 1170. The number of anilines is 1. The van der Waals surface area contributed by atoms with Crippen LogP contribution >= 0.6 is 0 Å². The molecule has 0 saturated carbocycles. The highest BCUT2D eigenvalue weighted by molar-refractivity contribution is 5.81. The Morgan fingerprint density at radius 3 is 2.62 bits per heavy atom. The van der Waals surface area contributed by atoms with Crippen molar-refractivity contribution in [3.8, 4) is 0 Å². The van der Waals surface area contributed by atoms with E-state index < -0.39 is 0 Å². The Balaban J connectivity index is 1.27. The molecule has 1 aliphatic rings. The van der Waals surface area contributed by atoms with Crippen molar-refractivity contribution < 1.29 is 4.39 Å². The second kappa shape index (κ2) is 9.04. The van der Waals surface area contributed by atoms with Crippen LogP contribution in [0.25, 0.3) is 10.9 Å². The second-order valence-corrected chi connectivity index (χ2v) is 8.39. The van der Waals surface area contributed by atoms with Crippen LogP contribution in [0.3, 0.4) is 0 Å². The van der Waals surface area contributed by atoms with Crippen LogP contribution in [0.2, 0.25) is 0 Å². The van der Waals surface area contributed by atoms with Crippen molar-refractivity contribution in [3.05, 3.63) is 84.1 Å². The van der Waals surface area contributed by atoms with Gasteiger partial charge in [0.15, 0.2) is 0 Å². The molecule has 2 aromatic carbocycles. The molecule has 1 saturated heterocycles. The fourth-order valence-corrected chi connectivity index (χ4v) is 4.45. The number of halogens is 1. The van der Waals surface area contributed by atoms with Crippen LogP contribution in [0.5, 0.6) is 0 Å². The minimum atomic E-state index is -0.257. The zero-order valence-electron chi connectivity index (χ0n) is 18.2. The van der Waals surface area contributed by atoms with Gasteiger partial charge < -0.3 is 10.2 Å². The van der Waals surface area contributed by atoms with Gasteiger partial charge in [0.05, 0.1) is 23.8 Å². The van der Waals surface area contributed by atoms with E-state index in [9.17, 15) is 4.39 Å². The van der Waals surface area contributed by atoms with Crippen molar-refractivity contribution >= 4 is 16.9 Å². The Hall–Kier alpha value is -3.32. The van der Waals surface area contributed by atoms with E-state index in [1.807, 2.05) is 36.1 Å². The number of nitrogens with zero attached hydrogens (tertiary/aromatic N) is 5. The number of piperidine rings is 1. The third-order valence-corrected chi connectivity index (χ3v) is 6.18. The highest BCUT2D eigenvalue weighted by Gasteiger charge is 2.24. The van der Waals surface area contributed by atoms with Gasteiger partial charge in [0.25, 0.3) is 0 Å². The first kappa shape index (κ1) is 20.6. The molecule has 0 aliphatic carbocycles. The molecule has 0 bridgehead atoms. The summed E-state index contributed by atoms with van der Waals surface area (Å²) < 4.78 is 15.6. The van der Waals surface area contributed by atoms with Crippen molar-refractivity contribution in [1.29, 1.82) is 0 Å². The topological polar surface area (TPSA) is 58.9 Å². The van der Waals surface area contributed by atoms with E-state index in [4.69, 9.17) is 4.98 Å². The molecule has 1 aliphatic heterocycles. The Morgan fingerprint density at radius 2 is 1.88 bits per heavy atom. The molecule has 0 spiro atoms. The first-order valence-electron chi connectivity index (χ1n) is 11.1. The molecular weight excluding hydrogens is 403 g/mol. The summed E-state index contributed by atoms with van der Waals surface area (Å²) in [5.74, 6) is 0.475. The average Bonchev–Trinajstić information content (AvgIpc) is 3.33. The Kier molecular flexibility index (Phi) is 5.81. The number of fused-ring (bicyclic) bond motifs is 1. The summed E-state index contributed by atoms with van der Waals surface area (Å²) in [5.41, 5.74) is 2.87. The van der Waals surface area contributed by atoms with Crippen LogP contribution in [0.15, 0.2) is 67.0 Å². The number of rotatable bonds is 6. The molecule has 0 radical (unpaired) electrons. The molecule has 7 heteroatoms. The fraction of sp³-hybridized carbons (Fsp3) is 0.320. The zero-order chi connectivity index (χ0) is 21.9. The highest BCUT2D eigenvalue weighted by Crippen LogP contribution is 2.24. The third-order valence-electron chi connectivity index (χ3n) is 6.18. The van der Waals surface area contributed by atoms with Gasteiger partial charge in [0.1, 0.15) is 5.82 Å². The van der Waals surface area contributed by atoms with Crippen molar-refractivity contribution in [3.63, 3.8) is 0 Å². The van der Waals surface area contributed by atoms with Gasteiger partial charge in [-0.2, -0.15) is 5.10 Å².